The van der Waals surface area contributed by atoms with E-state index in [1.807, 2.05) is 0 Å². The summed E-state index contributed by atoms with van der Waals surface area (Å²) in [7, 11) is 3.09. The van der Waals surface area contributed by atoms with Crippen molar-refractivity contribution in [3.05, 3.63) is 63.5 Å². The van der Waals surface area contributed by atoms with Gasteiger partial charge in [-0.25, -0.2) is 0 Å². The van der Waals surface area contributed by atoms with Gasteiger partial charge in [-0.3, -0.25) is 15.0 Å². The van der Waals surface area contributed by atoms with E-state index >= 15 is 0 Å². The van der Waals surface area contributed by atoms with E-state index in [4.69, 9.17) is 33.3 Å². The maximum atomic E-state index is 12.7. The van der Waals surface area contributed by atoms with E-state index < -0.39 is 11.8 Å². The smallest absolute Gasteiger partial charge is 0.285 e. The van der Waals surface area contributed by atoms with Crippen LogP contribution in [0.1, 0.15) is 15.9 Å². The average molecular weight is 435 g/mol. The van der Waals surface area contributed by atoms with E-state index in [1.165, 1.54) is 7.11 Å². The number of ether oxygens (including phenoxy) is 2. The highest BCUT2D eigenvalue weighted by molar-refractivity contribution is 8.26. The van der Waals surface area contributed by atoms with Crippen molar-refractivity contribution in [3.63, 3.8) is 0 Å². The van der Waals surface area contributed by atoms with E-state index in [0.29, 0.717) is 22.0 Å². The summed E-state index contributed by atoms with van der Waals surface area (Å²) in [5.74, 6) is 0.219. The third kappa shape index (κ3) is 4.14. The Hall–Kier alpha value is -2.55. The fourth-order valence-corrected chi connectivity index (χ4v) is 3.84. The van der Waals surface area contributed by atoms with Crippen LogP contribution in [0.5, 0.6) is 11.5 Å². The quantitative estimate of drug-likeness (QED) is 0.568. The van der Waals surface area contributed by atoms with Gasteiger partial charge in [-0.15, -0.1) is 0 Å². The molecule has 0 spiro atoms. The molecule has 0 radical (unpaired) electrons. The lowest BCUT2D eigenvalue weighted by molar-refractivity contribution is -0.123. The van der Waals surface area contributed by atoms with E-state index in [1.54, 1.807) is 55.7 Å². The summed E-state index contributed by atoms with van der Waals surface area (Å²) in [6, 6.07) is 11.8. The van der Waals surface area contributed by atoms with Crippen LogP contribution < -0.4 is 14.9 Å². The van der Waals surface area contributed by atoms with Gasteiger partial charge in [0, 0.05) is 11.6 Å². The number of nitrogens with zero attached hydrogens (tertiary/aromatic N) is 1. The molecule has 0 atom stereocenters. The molecular weight excluding hydrogens is 420 g/mol. The van der Waals surface area contributed by atoms with E-state index in [9.17, 15) is 9.59 Å². The van der Waals surface area contributed by atoms with Crippen molar-refractivity contribution in [2.24, 2.45) is 0 Å². The van der Waals surface area contributed by atoms with Gasteiger partial charge in [0.05, 0.1) is 29.7 Å². The first kappa shape index (κ1) is 20.2. The van der Waals surface area contributed by atoms with Gasteiger partial charge in [0.2, 0.25) is 0 Å². The molecule has 3 rings (SSSR count). The van der Waals surface area contributed by atoms with Gasteiger partial charge in [0.1, 0.15) is 11.5 Å². The number of carbonyl (C=O) groups excluding carboxylic acids is 2. The number of hydrazine groups is 1. The highest BCUT2D eigenvalue weighted by Crippen LogP contribution is 2.34. The SMILES string of the molecule is COc1ccc(C=C2SC(=S)N(NC(=O)c3ccccc3Cl)C2=O)c(OC)c1. The number of thioether (sulfide) groups is 1. The molecule has 0 unspecified atom stereocenters. The molecule has 0 saturated carbocycles. The minimum atomic E-state index is -0.523. The van der Waals surface area contributed by atoms with Crippen LogP contribution in [0.4, 0.5) is 0 Å². The Morgan fingerprint density at radius 3 is 2.64 bits per heavy atom. The molecule has 2 aromatic rings. The van der Waals surface area contributed by atoms with Crippen LogP contribution in [0.15, 0.2) is 47.4 Å². The van der Waals surface area contributed by atoms with E-state index in [2.05, 4.69) is 5.43 Å². The van der Waals surface area contributed by atoms with Crippen molar-refractivity contribution in [3.8, 4) is 11.5 Å². The summed E-state index contributed by atoms with van der Waals surface area (Å²) in [6.45, 7) is 0. The number of benzene rings is 2. The lowest BCUT2D eigenvalue weighted by Gasteiger charge is -2.16. The molecular formula is C19H15ClN2O4S2. The van der Waals surface area contributed by atoms with Crippen LogP contribution in [-0.2, 0) is 4.79 Å². The van der Waals surface area contributed by atoms with Crippen molar-refractivity contribution in [2.45, 2.75) is 0 Å². The molecule has 28 heavy (non-hydrogen) atoms. The second-order valence-corrected chi connectivity index (χ2v) is 7.63. The predicted octanol–water partition coefficient (Wildman–Crippen LogP) is 3.90. The maximum absolute atomic E-state index is 12.7. The number of rotatable bonds is 5. The summed E-state index contributed by atoms with van der Waals surface area (Å²) in [5.41, 5.74) is 3.44. The Morgan fingerprint density at radius 1 is 1.21 bits per heavy atom. The van der Waals surface area contributed by atoms with E-state index in [0.717, 1.165) is 16.8 Å². The molecule has 1 aliphatic heterocycles. The predicted molar refractivity (Wildman–Crippen MR) is 113 cm³/mol. The molecule has 0 bridgehead atoms. The molecule has 1 heterocycles. The topological polar surface area (TPSA) is 67.9 Å². The number of methoxy groups -OCH3 is 2. The molecule has 2 aromatic carbocycles. The fraction of sp³-hybridized carbons (Fsp3) is 0.105. The van der Waals surface area contributed by atoms with Crippen LogP contribution in [0.2, 0.25) is 5.02 Å². The monoisotopic (exact) mass is 434 g/mol. The Labute approximate surface area is 176 Å². The largest absolute Gasteiger partial charge is 0.497 e. The van der Waals surface area contributed by atoms with Crippen molar-refractivity contribution >= 4 is 57.8 Å². The van der Waals surface area contributed by atoms with Crippen LogP contribution >= 0.6 is 35.6 Å². The lowest BCUT2D eigenvalue weighted by atomic mass is 10.1. The Balaban J connectivity index is 1.83. The maximum Gasteiger partial charge on any atom is 0.285 e. The zero-order chi connectivity index (χ0) is 20.3. The summed E-state index contributed by atoms with van der Waals surface area (Å²) in [5, 5.41) is 1.32. The number of hydrogen-bond acceptors (Lipinski definition) is 6. The third-order valence-corrected chi connectivity index (χ3v) is 5.48. The van der Waals surface area contributed by atoms with Gasteiger partial charge in [-0.1, -0.05) is 35.5 Å². The normalized spacial score (nSPS) is 15.1. The van der Waals surface area contributed by atoms with Crippen LogP contribution in [0, 0.1) is 0 Å². The highest BCUT2D eigenvalue weighted by atomic mass is 35.5. The molecule has 0 aromatic heterocycles. The molecule has 2 amide bonds. The summed E-state index contributed by atoms with van der Waals surface area (Å²) >= 11 is 12.4. The summed E-state index contributed by atoms with van der Waals surface area (Å²) in [6.07, 6.45) is 1.65. The molecule has 6 nitrogen and oxygen atoms in total. The van der Waals surface area contributed by atoms with E-state index in [-0.39, 0.29) is 14.9 Å². The standard InChI is InChI=1S/C19H15ClN2O4S2/c1-25-12-8-7-11(15(10-12)26-2)9-16-18(24)22(19(27)28-16)21-17(23)13-5-3-4-6-14(13)20/h3-10H,1-2H3,(H,21,23). The molecule has 144 valence electrons. The zero-order valence-electron chi connectivity index (χ0n) is 14.9. The average Bonchev–Trinajstić information content (AvgIpc) is 2.96. The van der Waals surface area contributed by atoms with Gasteiger partial charge < -0.3 is 9.47 Å². The van der Waals surface area contributed by atoms with Crippen molar-refractivity contribution < 1.29 is 19.1 Å². The number of nitrogens with one attached hydrogen (secondary N) is 1. The van der Waals surface area contributed by atoms with Crippen molar-refractivity contribution in [1.82, 2.24) is 10.4 Å². The lowest BCUT2D eigenvalue weighted by Crippen LogP contribution is -2.44. The van der Waals surface area contributed by atoms with Gasteiger partial charge in [0.15, 0.2) is 4.32 Å². The first-order chi connectivity index (χ1) is 13.4. The van der Waals surface area contributed by atoms with Gasteiger partial charge in [0.25, 0.3) is 11.8 Å². The molecule has 1 aliphatic rings. The number of thiocarbonyl (C=S) groups is 1. The number of hydrogen-bond donors (Lipinski definition) is 1. The Kier molecular flexibility index (Phi) is 6.23. The fourth-order valence-electron chi connectivity index (χ4n) is 2.45. The summed E-state index contributed by atoms with van der Waals surface area (Å²) in [4.78, 5) is 25.5. The Bertz CT molecular complexity index is 994. The van der Waals surface area contributed by atoms with Crippen molar-refractivity contribution in [1.29, 1.82) is 0 Å². The minimum absolute atomic E-state index is 0.212. The van der Waals surface area contributed by atoms with Gasteiger partial charge in [-0.05, 0) is 42.6 Å². The first-order valence-electron chi connectivity index (χ1n) is 8.00. The molecule has 0 aliphatic carbocycles. The van der Waals surface area contributed by atoms with Crippen LogP contribution in [-0.4, -0.2) is 35.4 Å². The number of carbonyl (C=O) groups is 2. The van der Waals surface area contributed by atoms with Crippen molar-refractivity contribution in [2.75, 3.05) is 14.2 Å². The summed E-state index contributed by atoms with van der Waals surface area (Å²) < 4.78 is 10.7. The minimum Gasteiger partial charge on any atom is -0.497 e. The third-order valence-electron chi connectivity index (χ3n) is 3.85. The second kappa shape index (κ2) is 8.64. The number of halogens is 1. The molecule has 1 fully saturated rings. The van der Waals surface area contributed by atoms with Gasteiger partial charge >= 0.3 is 0 Å². The second-order valence-electron chi connectivity index (χ2n) is 5.55. The number of amides is 2. The zero-order valence-corrected chi connectivity index (χ0v) is 17.3. The molecule has 1 saturated heterocycles. The van der Waals surface area contributed by atoms with Gasteiger partial charge in [-0.2, -0.15) is 5.01 Å². The highest BCUT2D eigenvalue weighted by Gasteiger charge is 2.34. The van der Waals surface area contributed by atoms with Crippen LogP contribution in [0.25, 0.3) is 6.08 Å². The molecule has 9 heteroatoms. The Morgan fingerprint density at radius 2 is 1.96 bits per heavy atom. The molecule has 1 N–H and O–H groups in total. The van der Waals surface area contributed by atoms with Crippen LogP contribution in [0.3, 0.4) is 0 Å². The first-order valence-corrected chi connectivity index (χ1v) is 9.60.